The van der Waals surface area contributed by atoms with Crippen LogP contribution in [0.4, 0.5) is 11.4 Å². The Bertz CT molecular complexity index is 1170. The zero-order valence-corrected chi connectivity index (χ0v) is 20.8. The SMILES string of the molecule is COC(=O)C(CCC(CN(c1ccc([N+](=O)[O-])cc1)S(=O)O)c1ccc(OC)cc1)c1ccccc1. The van der Waals surface area contributed by atoms with Gasteiger partial charge in [-0.3, -0.25) is 23.8 Å². The van der Waals surface area contributed by atoms with Gasteiger partial charge in [0.05, 0.1) is 30.7 Å². The number of non-ortho nitro benzene ring substituents is 1. The molecule has 0 fully saturated rings. The van der Waals surface area contributed by atoms with E-state index in [9.17, 15) is 23.7 Å². The Hall–Kier alpha value is -3.76. The molecule has 10 heteroatoms. The Labute approximate surface area is 212 Å². The third kappa shape index (κ3) is 6.89. The minimum absolute atomic E-state index is 0.113. The second-order valence-electron chi connectivity index (χ2n) is 8.10. The maximum atomic E-state index is 12.6. The van der Waals surface area contributed by atoms with Crippen molar-refractivity contribution < 1.29 is 28.0 Å². The Morgan fingerprint density at radius 1 is 0.972 bits per heavy atom. The van der Waals surface area contributed by atoms with Crippen LogP contribution in [0.2, 0.25) is 0 Å². The molecule has 0 aliphatic heterocycles. The number of ether oxygens (including phenoxy) is 2. The van der Waals surface area contributed by atoms with Crippen LogP contribution in [0.1, 0.15) is 35.8 Å². The summed E-state index contributed by atoms with van der Waals surface area (Å²) in [6.45, 7) is 0.135. The van der Waals surface area contributed by atoms with Crippen molar-refractivity contribution in [3.8, 4) is 5.75 Å². The van der Waals surface area contributed by atoms with Gasteiger partial charge in [0.1, 0.15) is 5.75 Å². The molecule has 190 valence electrons. The molecule has 3 unspecified atom stereocenters. The van der Waals surface area contributed by atoms with Gasteiger partial charge in [-0.05, 0) is 48.2 Å². The standard InChI is InChI=1S/C26H28N2O7S/c1-34-24-15-8-19(9-16-24)21(10-17-25(26(29)35-2)20-6-4-3-5-7-20)18-27(36(32)33)22-11-13-23(14-12-22)28(30)31/h3-9,11-16,21,25H,10,17-18H2,1-2H3,(H,32,33). The van der Waals surface area contributed by atoms with Gasteiger partial charge in [-0.1, -0.05) is 42.5 Å². The highest BCUT2D eigenvalue weighted by atomic mass is 32.2. The molecule has 0 spiro atoms. The number of methoxy groups -OCH3 is 2. The quantitative estimate of drug-likeness (QED) is 0.156. The van der Waals surface area contributed by atoms with Gasteiger partial charge >= 0.3 is 5.97 Å². The van der Waals surface area contributed by atoms with Gasteiger partial charge in [0.15, 0.2) is 0 Å². The van der Waals surface area contributed by atoms with Crippen molar-refractivity contribution in [2.24, 2.45) is 0 Å². The number of nitro benzene ring substituents is 1. The van der Waals surface area contributed by atoms with E-state index in [0.29, 0.717) is 24.3 Å². The summed E-state index contributed by atoms with van der Waals surface area (Å²) >= 11 is -2.39. The maximum Gasteiger partial charge on any atom is 0.313 e. The van der Waals surface area contributed by atoms with Crippen LogP contribution in [0.5, 0.6) is 5.75 Å². The number of hydrogen-bond acceptors (Lipinski definition) is 6. The zero-order chi connectivity index (χ0) is 26.1. The fourth-order valence-electron chi connectivity index (χ4n) is 4.06. The molecule has 9 nitrogen and oxygen atoms in total. The van der Waals surface area contributed by atoms with Gasteiger partial charge < -0.3 is 9.47 Å². The molecule has 0 heterocycles. The van der Waals surface area contributed by atoms with E-state index < -0.39 is 22.1 Å². The lowest BCUT2D eigenvalue weighted by Gasteiger charge is -2.27. The van der Waals surface area contributed by atoms with E-state index in [1.807, 2.05) is 54.6 Å². The van der Waals surface area contributed by atoms with Crippen LogP contribution < -0.4 is 9.04 Å². The lowest BCUT2D eigenvalue weighted by molar-refractivity contribution is -0.384. The molecule has 3 aromatic rings. The van der Waals surface area contributed by atoms with Crippen LogP contribution >= 0.6 is 0 Å². The molecule has 0 saturated heterocycles. The summed E-state index contributed by atoms with van der Waals surface area (Å²) < 4.78 is 34.0. The van der Waals surface area contributed by atoms with Gasteiger partial charge in [-0.15, -0.1) is 0 Å². The summed E-state index contributed by atoms with van der Waals surface area (Å²) in [5, 5.41) is 11.0. The second-order valence-corrected chi connectivity index (χ2v) is 9.00. The first kappa shape index (κ1) is 26.8. The third-order valence-electron chi connectivity index (χ3n) is 6.00. The smallest absolute Gasteiger partial charge is 0.313 e. The normalized spacial score (nSPS) is 13.3. The molecular weight excluding hydrogens is 484 g/mol. The minimum Gasteiger partial charge on any atom is -0.497 e. The van der Waals surface area contributed by atoms with Crippen molar-refractivity contribution in [1.82, 2.24) is 0 Å². The molecular formula is C26H28N2O7S. The number of benzene rings is 3. The van der Waals surface area contributed by atoms with E-state index >= 15 is 0 Å². The van der Waals surface area contributed by atoms with Crippen molar-refractivity contribution in [2.45, 2.75) is 24.7 Å². The number of carbonyl (C=O) groups is 1. The van der Waals surface area contributed by atoms with Crippen LogP contribution in [0.3, 0.4) is 0 Å². The highest BCUT2D eigenvalue weighted by molar-refractivity contribution is 7.80. The molecule has 0 aromatic heterocycles. The van der Waals surface area contributed by atoms with Crippen LogP contribution in [0.15, 0.2) is 78.9 Å². The largest absolute Gasteiger partial charge is 0.497 e. The van der Waals surface area contributed by atoms with E-state index in [1.54, 1.807) is 7.11 Å². The molecule has 1 N–H and O–H groups in total. The highest BCUT2D eigenvalue weighted by Gasteiger charge is 2.26. The summed E-state index contributed by atoms with van der Waals surface area (Å²) in [6.07, 6.45) is 0.946. The van der Waals surface area contributed by atoms with Crippen LogP contribution in [0, 0.1) is 10.1 Å². The molecule has 0 radical (unpaired) electrons. The predicted molar refractivity (Wildman–Crippen MR) is 137 cm³/mol. The number of esters is 1. The lowest BCUT2D eigenvalue weighted by atomic mass is 9.87. The molecule has 0 amide bonds. The van der Waals surface area contributed by atoms with E-state index in [4.69, 9.17) is 9.47 Å². The lowest BCUT2D eigenvalue weighted by Crippen LogP contribution is -2.30. The number of nitrogens with zero attached hydrogens (tertiary/aromatic N) is 2. The molecule has 0 saturated carbocycles. The van der Waals surface area contributed by atoms with Crippen molar-refractivity contribution >= 4 is 28.6 Å². The molecule has 3 atom stereocenters. The monoisotopic (exact) mass is 512 g/mol. The summed E-state index contributed by atoms with van der Waals surface area (Å²) in [5.41, 5.74) is 1.98. The fraction of sp³-hybridized carbons (Fsp3) is 0.269. The van der Waals surface area contributed by atoms with Crippen molar-refractivity contribution in [1.29, 1.82) is 0 Å². The Morgan fingerprint density at radius 2 is 1.61 bits per heavy atom. The molecule has 0 bridgehead atoms. The molecule has 3 rings (SSSR count). The minimum atomic E-state index is -2.39. The van der Waals surface area contributed by atoms with Gasteiger partial charge in [-0.2, -0.15) is 0 Å². The number of carbonyl (C=O) groups excluding carboxylic acids is 1. The van der Waals surface area contributed by atoms with Gasteiger partial charge in [0, 0.05) is 24.6 Å². The summed E-state index contributed by atoms with van der Waals surface area (Å²) in [5.74, 6) is -0.428. The van der Waals surface area contributed by atoms with Gasteiger partial charge in [-0.25, -0.2) is 4.21 Å². The van der Waals surface area contributed by atoms with Crippen molar-refractivity contribution in [3.63, 3.8) is 0 Å². The van der Waals surface area contributed by atoms with E-state index in [1.165, 1.54) is 35.7 Å². The van der Waals surface area contributed by atoms with E-state index in [2.05, 4.69) is 0 Å². The number of nitro groups is 1. The predicted octanol–water partition coefficient (Wildman–Crippen LogP) is 5.07. The number of rotatable bonds is 12. The molecule has 3 aromatic carbocycles. The fourth-order valence-corrected chi connectivity index (χ4v) is 4.67. The van der Waals surface area contributed by atoms with E-state index in [-0.39, 0.29) is 24.1 Å². The Morgan fingerprint density at radius 3 is 2.14 bits per heavy atom. The third-order valence-corrected chi connectivity index (χ3v) is 6.74. The number of hydrogen-bond donors (Lipinski definition) is 1. The first-order valence-electron chi connectivity index (χ1n) is 11.2. The van der Waals surface area contributed by atoms with Gasteiger partial charge in [0.25, 0.3) is 17.0 Å². The highest BCUT2D eigenvalue weighted by Crippen LogP contribution is 2.32. The van der Waals surface area contributed by atoms with Crippen LogP contribution in [-0.4, -0.2) is 40.4 Å². The summed E-state index contributed by atoms with van der Waals surface area (Å²) in [7, 11) is 2.92. The molecule has 0 aliphatic rings. The Kier molecular flexibility index (Phi) is 9.54. The average molecular weight is 513 g/mol. The number of anilines is 1. The topological polar surface area (TPSA) is 119 Å². The average Bonchev–Trinajstić information content (AvgIpc) is 2.90. The Balaban J connectivity index is 1.91. The first-order chi connectivity index (χ1) is 17.3. The molecule has 36 heavy (non-hydrogen) atoms. The van der Waals surface area contributed by atoms with Crippen LogP contribution in [0.25, 0.3) is 0 Å². The van der Waals surface area contributed by atoms with Gasteiger partial charge in [0.2, 0.25) is 0 Å². The zero-order valence-electron chi connectivity index (χ0n) is 20.0. The molecule has 0 aliphatic carbocycles. The van der Waals surface area contributed by atoms with Crippen LogP contribution in [-0.2, 0) is 20.8 Å². The first-order valence-corrected chi connectivity index (χ1v) is 12.3. The van der Waals surface area contributed by atoms with E-state index in [0.717, 1.165) is 11.1 Å². The summed E-state index contributed by atoms with van der Waals surface area (Å²) in [6, 6.07) is 22.2. The maximum absolute atomic E-state index is 12.6. The summed E-state index contributed by atoms with van der Waals surface area (Å²) in [4.78, 5) is 23.1. The van der Waals surface area contributed by atoms with Crippen molar-refractivity contribution in [3.05, 3.63) is 100 Å². The van der Waals surface area contributed by atoms with Crippen molar-refractivity contribution in [2.75, 3.05) is 25.1 Å². The second kappa shape index (κ2) is 12.8.